The lowest BCUT2D eigenvalue weighted by Gasteiger charge is -2.40. The van der Waals surface area contributed by atoms with Crippen molar-refractivity contribution in [2.45, 2.75) is 57.7 Å². The van der Waals surface area contributed by atoms with Gasteiger partial charge in [0.1, 0.15) is 5.75 Å². The maximum absolute atomic E-state index is 6.66. The molecule has 0 aromatic heterocycles. The molecular formula is C18H28N2O. The van der Waals surface area contributed by atoms with E-state index in [2.05, 4.69) is 36.9 Å². The molecule has 21 heavy (non-hydrogen) atoms. The highest BCUT2D eigenvalue weighted by Gasteiger charge is 2.39. The highest BCUT2D eigenvalue weighted by atomic mass is 16.5. The lowest BCUT2D eigenvalue weighted by molar-refractivity contribution is 0.129. The third-order valence-electron chi connectivity index (χ3n) is 4.85. The SMILES string of the molecule is COc1ccc2c(c1)C(N)C(N(CC(C)C)C1CC1)CC2. The number of hydrogen-bond acceptors (Lipinski definition) is 3. The number of rotatable bonds is 5. The van der Waals surface area contributed by atoms with Crippen molar-refractivity contribution in [2.75, 3.05) is 13.7 Å². The summed E-state index contributed by atoms with van der Waals surface area (Å²) in [6.07, 6.45) is 5.02. The molecule has 1 saturated carbocycles. The van der Waals surface area contributed by atoms with Crippen molar-refractivity contribution in [3.05, 3.63) is 29.3 Å². The Bertz CT molecular complexity index is 496. The van der Waals surface area contributed by atoms with E-state index in [0.717, 1.165) is 18.2 Å². The van der Waals surface area contributed by atoms with Crippen LogP contribution in [0, 0.1) is 5.92 Å². The van der Waals surface area contributed by atoms with E-state index in [4.69, 9.17) is 10.5 Å². The van der Waals surface area contributed by atoms with Crippen LogP contribution in [-0.2, 0) is 6.42 Å². The molecule has 1 aromatic carbocycles. The molecule has 3 rings (SSSR count). The fourth-order valence-corrected chi connectivity index (χ4v) is 3.68. The largest absolute Gasteiger partial charge is 0.497 e. The Morgan fingerprint density at radius 3 is 2.67 bits per heavy atom. The Labute approximate surface area is 128 Å². The number of methoxy groups -OCH3 is 1. The number of nitrogens with zero attached hydrogens (tertiary/aromatic N) is 1. The lowest BCUT2D eigenvalue weighted by Crippen LogP contribution is -2.47. The molecule has 2 atom stereocenters. The lowest BCUT2D eigenvalue weighted by atomic mass is 9.83. The van der Waals surface area contributed by atoms with Gasteiger partial charge in [0, 0.05) is 24.7 Å². The molecular weight excluding hydrogens is 260 g/mol. The normalized spacial score (nSPS) is 25.2. The Morgan fingerprint density at radius 1 is 1.29 bits per heavy atom. The smallest absolute Gasteiger partial charge is 0.119 e. The average molecular weight is 288 g/mol. The molecule has 0 radical (unpaired) electrons. The fourth-order valence-electron chi connectivity index (χ4n) is 3.68. The minimum atomic E-state index is 0.114. The van der Waals surface area contributed by atoms with Gasteiger partial charge in [-0.3, -0.25) is 4.90 Å². The van der Waals surface area contributed by atoms with Crippen molar-refractivity contribution in [3.8, 4) is 5.75 Å². The van der Waals surface area contributed by atoms with Gasteiger partial charge in [-0.05, 0) is 54.9 Å². The number of hydrogen-bond donors (Lipinski definition) is 1. The molecule has 2 aliphatic rings. The third kappa shape index (κ3) is 3.09. The number of nitrogens with two attached hydrogens (primary N) is 1. The zero-order valence-electron chi connectivity index (χ0n) is 13.5. The number of aryl methyl sites for hydroxylation is 1. The standard InChI is InChI=1S/C18H28N2O/c1-12(2)11-20(14-6-7-14)17-9-5-13-4-8-15(21-3)10-16(13)18(17)19/h4,8,10,12,14,17-18H,5-7,9,11,19H2,1-3H3. The van der Waals surface area contributed by atoms with Crippen molar-refractivity contribution >= 4 is 0 Å². The average Bonchev–Trinajstić information content (AvgIpc) is 3.30. The molecule has 2 aliphatic carbocycles. The molecule has 0 heterocycles. The van der Waals surface area contributed by atoms with Gasteiger partial charge >= 0.3 is 0 Å². The minimum absolute atomic E-state index is 0.114. The van der Waals surface area contributed by atoms with E-state index in [1.165, 1.54) is 36.9 Å². The molecule has 1 fully saturated rings. The number of fused-ring (bicyclic) bond motifs is 1. The van der Waals surface area contributed by atoms with Crippen LogP contribution in [0.1, 0.15) is 50.3 Å². The molecule has 0 aliphatic heterocycles. The summed E-state index contributed by atoms with van der Waals surface area (Å²) in [6, 6.07) is 7.76. The molecule has 2 unspecified atom stereocenters. The number of ether oxygens (including phenoxy) is 1. The fraction of sp³-hybridized carbons (Fsp3) is 0.667. The summed E-state index contributed by atoms with van der Waals surface area (Å²) in [5, 5.41) is 0. The quantitative estimate of drug-likeness (QED) is 0.904. The van der Waals surface area contributed by atoms with Gasteiger partial charge in [0.05, 0.1) is 7.11 Å². The first kappa shape index (κ1) is 14.9. The zero-order chi connectivity index (χ0) is 15.0. The summed E-state index contributed by atoms with van der Waals surface area (Å²) in [4.78, 5) is 2.69. The predicted molar refractivity (Wildman–Crippen MR) is 86.6 cm³/mol. The molecule has 3 nitrogen and oxygen atoms in total. The van der Waals surface area contributed by atoms with Crippen molar-refractivity contribution in [1.82, 2.24) is 4.90 Å². The van der Waals surface area contributed by atoms with Gasteiger partial charge in [-0.2, -0.15) is 0 Å². The predicted octanol–water partition coefficient (Wildman–Crippen LogP) is 3.13. The van der Waals surface area contributed by atoms with Crippen LogP contribution in [0.15, 0.2) is 18.2 Å². The van der Waals surface area contributed by atoms with Crippen molar-refractivity contribution in [1.29, 1.82) is 0 Å². The molecule has 2 N–H and O–H groups in total. The Morgan fingerprint density at radius 2 is 2.05 bits per heavy atom. The van der Waals surface area contributed by atoms with Gasteiger partial charge in [0.2, 0.25) is 0 Å². The van der Waals surface area contributed by atoms with E-state index in [1.807, 2.05) is 0 Å². The van der Waals surface area contributed by atoms with E-state index in [0.29, 0.717) is 12.0 Å². The van der Waals surface area contributed by atoms with Gasteiger partial charge < -0.3 is 10.5 Å². The van der Waals surface area contributed by atoms with Gasteiger partial charge in [0.15, 0.2) is 0 Å². The van der Waals surface area contributed by atoms with Gasteiger partial charge in [-0.1, -0.05) is 19.9 Å². The summed E-state index contributed by atoms with van der Waals surface area (Å²) < 4.78 is 5.38. The van der Waals surface area contributed by atoms with Crippen LogP contribution in [0.25, 0.3) is 0 Å². The first-order chi connectivity index (χ1) is 10.1. The molecule has 3 heteroatoms. The summed E-state index contributed by atoms with van der Waals surface area (Å²) in [5.74, 6) is 1.62. The molecule has 0 saturated heterocycles. The Kier molecular flexibility index (Phi) is 4.23. The Hall–Kier alpha value is -1.06. The van der Waals surface area contributed by atoms with Crippen molar-refractivity contribution < 1.29 is 4.74 Å². The molecule has 1 aromatic rings. The number of benzene rings is 1. The molecule has 116 valence electrons. The van der Waals surface area contributed by atoms with Crippen LogP contribution in [-0.4, -0.2) is 30.6 Å². The first-order valence-corrected chi connectivity index (χ1v) is 8.28. The van der Waals surface area contributed by atoms with Gasteiger partial charge in [-0.15, -0.1) is 0 Å². The monoisotopic (exact) mass is 288 g/mol. The first-order valence-electron chi connectivity index (χ1n) is 8.28. The minimum Gasteiger partial charge on any atom is -0.497 e. The van der Waals surface area contributed by atoms with Crippen LogP contribution in [0.4, 0.5) is 0 Å². The summed E-state index contributed by atoms with van der Waals surface area (Å²) >= 11 is 0. The van der Waals surface area contributed by atoms with Gasteiger partial charge in [-0.25, -0.2) is 0 Å². The maximum Gasteiger partial charge on any atom is 0.119 e. The van der Waals surface area contributed by atoms with E-state index in [9.17, 15) is 0 Å². The van der Waals surface area contributed by atoms with E-state index < -0.39 is 0 Å². The molecule has 0 spiro atoms. The van der Waals surface area contributed by atoms with Crippen LogP contribution in [0.5, 0.6) is 5.75 Å². The summed E-state index contributed by atoms with van der Waals surface area (Å²) in [6.45, 7) is 5.78. The summed E-state index contributed by atoms with van der Waals surface area (Å²) in [5.41, 5.74) is 9.35. The van der Waals surface area contributed by atoms with E-state index >= 15 is 0 Å². The van der Waals surface area contributed by atoms with Crippen LogP contribution >= 0.6 is 0 Å². The van der Waals surface area contributed by atoms with Crippen LogP contribution in [0.3, 0.4) is 0 Å². The third-order valence-corrected chi connectivity index (χ3v) is 4.85. The Balaban J connectivity index is 1.84. The van der Waals surface area contributed by atoms with Crippen LogP contribution in [0.2, 0.25) is 0 Å². The van der Waals surface area contributed by atoms with Crippen LogP contribution < -0.4 is 10.5 Å². The summed E-state index contributed by atoms with van der Waals surface area (Å²) in [7, 11) is 1.73. The van der Waals surface area contributed by atoms with Crippen molar-refractivity contribution in [2.24, 2.45) is 11.7 Å². The molecule has 0 bridgehead atoms. The highest BCUT2D eigenvalue weighted by Crippen LogP contribution is 2.38. The van der Waals surface area contributed by atoms with Crippen molar-refractivity contribution in [3.63, 3.8) is 0 Å². The van der Waals surface area contributed by atoms with E-state index in [-0.39, 0.29) is 6.04 Å². The van der Waals surface area contributed by atoms with E-state index in [1.54, 1.807) is 7.11 Å². The zero-order valence-corrected chi connectivity index (χ0v) is 13.5. The van der Waals surface area contributed by atoms with Gasteiger partial charge in [0.25, 0.3) is 0 Å². The second-order valence-corrected chi connectivity index (χ2v) is 7.02. The topological polar surface area (TPSA) is 38.5 Å². The second-order valence-electron chi connectivity index (χ2n) is 7.02. The second kappa shape index (κ2) is 5.98. The molecule has 0 amide bonds. The maximum atomic E-state index is 6.66. The highest BCUT2D eigenvalue weighted by molar-refractivity contribution is 5.40.